The van der Waals surface area contributed by atoms with E-state index in [1.54, 1.807) is 4.90 Å². The van der Waals surface area contributed by atoms with Gasteiger partial charge in [-0.15, -0.1) is 11.3 Å². The molecule has 1 fully saturated rings. The average molecular weight is 337 g/mol. The van der Waals surface area contributed by atoms with Crippen molar-refractivity contribution >= 4 is 38.9 Å². The summed E-state index contributed by atoms with van der Waals surface area (Å²) in [4.78, 5) is 13.7. The summed E-state index contributed by atoms with van der Waals surface area (Å²) in [5, 5.41) is 0. The molecule has 5 nitrogen and oxygen atoms in total. The molecule has 1 aromatic heterocycles. The van der Waals surface area contributed by atoms with Crippen molar-refractivity contribution in [3.63, 3.8) is 0 Å². The molecule has 112 valence electrons. The summed E-state index contributed by atoms with van der Waals surface area (Å²) in [6.07, 6.45) is 2.09. The van der Waals surface area contributed by atoms with Crippen LogP contribution >= 0.6 is 22.9 Å². The van der Waals surface area contributed by atoms with Crippen molar-refractivity contribution in [3.05, 3.63) is 16.5 Å². The number of thiophene rings is 1. The highest BCUT2D eigenvalue weighted by Crippen LogP contribution is 2.25. The van der Waals surface area contributed by atoms with Gasteiger partial charge in [0.2, 0.25) is 5.91 Å². The van der Waals surface area contributed by atoms with Gasteiger partial charge in [0.15, 0.2) is 0 Å². The van der Waals surface area contributed by atoms with E-state index < -0.39 is 10.0 Å². The Bertz CT molecular complexity index is 585. The molecular formula is C12H17ClN2O3S2. The number of amides is 1. The fourth-order valence-electron chi connectivity index (χ4n) is 2.20. The third-order valence-corrected chi connectivity index (χ3v) is 6.36. The van der Waals surface area contributed by atoms with Gasteiger partial charge in [0.25, 0.3) is 10.0 Å². The summed E-state index contributed by atoms with van der Waals surface area (Å²) >= 11 is 6.69. The maximum Gasteiger partial charge on any atom is 0.250 e. The first-order valence-corrected chi connectivity index (χ1v) is 9.09. The largest absolute Gasteiger partial charge is 0.341 e. The van der Waals surface area contributed by atoms with Crippen LogP contribution in [0.25, 0.3) is 0 Å². The first kappa shape index (κ1) is 15.8. The molecule has 0 saturated carbocycles. The number of nitrogens with one attached hydrogen (secondary N) is 1. The van der Waals surface area contributed by atoms with E-state index in [1.165, 1.54) is 12.1 Å². The van der Waals surface area contributed by atoms with Gasteiger partial charge < -0.3 is 4.90 Å². The van der Waals surface area contributed by atoms with Crippen LogP contribution in [0.1, 0.15) is 19.8 Å². The second-order valence-electron chi connectivity index (χ2n) is 4.97. The number of hydrogen-bond donors (Lipinski definition) is 1. The van der Waals surface area contributed by atoms with Gasteiger partial charge in [0.05, 0.1) is 10.9 Å². The van der Waals surface area contributed by atoms with E-state index in [2.05, 4.69) is 11.6 Å². The lowest BCUT2D eigenvalue weighted by molar-refractivity contribution is -0.131. The maximum atomic E-state index is 12.0. The molecule has 1 N–H and O–H groups in total. The van der Waals surface area contributed by atoms with E-state index in [-0.39, 0.29) is 16.7 Å². The Balaban J connectivity index is 1.92. The molecule has 1 aliphatic heterocycles. The molecule has 0 radical (unpaired) electrons. The Morgan fingerprint density at radius 1 is 1.55 bits per heavy atom. The van der Waals surface area contributed by atoms with Gasteiger partial charge >= 0.3 is 0 Å². The predicted octanol–water partition coefficient (Wildman–Crippen LogP) is 1.94. The van der Waals surface area contributed by atoms with E-state index in [1.807, 2.05) is 0 Å². The summed E-state index contributed by atoms with van der Waals surface area (Å²) < 4.78 is 26.8. The summed E-state index contributed by atoms with van der Waals surface area (Å²) in [6, 6.07) is 2.96. The summed E-state index contributed by atoms with van der Waals surface area (Å²) in [6.45, 7) is 3.29. The molecule has 8 heteroatoms. The van der Waals surface area contributed by atoms with Crippen molar-refractivity contribution in [2.45, 2.75) is 24.0 Å². The Morgan fingerprint density at radius 2 is 2.30 bits per heavy atom. The number of carbonyl (C=O) groups is 1. The highest BCUT2D eigenvalue weighted by atomic mass is 35.5. The highest BCUT2D eigenvalue weighted by molar-refractivity contribution is 7.91. The van der Waals surface area contributed by atoms with Gasteiger partial charge in [0.1, 0.15) is 4.21 Å². The number of rotatable bonds is 4. The fourth-order valence-corrected chi connectivity index (χ4v) is 4.70. The first-order chi connectivity index (χ1) is 9.38. The van der Waals surface area contributed by atoms with Gasteiger partial charge in [-0.3, -0.25) is 4.79 Å². The minimum absolute atomic E-state index is 0.127. The van der Waals surface area contributed by atoms with Crippen molar-refractivity contribution in [2.24, 2.45) is 5.92 Å². The second-order valence-corrected chi connectivity index (χ2v) is 8.68. The second kappa shape index (κ2) is 6.43. The number of sulfonamides is 1. The number of nitrogens with zero attached hydrogens (tertiary/aromatic N) is 1. The normalized spacial score (nSPS) is 20.1. The number of carbonyl (C=O) groups excluding carboxylic acids is 1. The third kappa shape index (κ3) is 3.94. The third-order valence-electron chi connectivity index (χ3n) is 3.24. The van der Waals surface area contributed by atoms with Gasteiger partial charge in [-0.05, 0) is 30.9 Å². The smallest absolute Gasteiger partial charge is 0.250 e. The zero-order valence-corrected chi connectivity index (χ0v) is 13.5. The zero-order chi connectivity index (χ0) is 14.8. The molecule has 0 aromatic carbocycles. The Morgan fingerprint density at radius 3 is 2.90 bits per heavy atom. The van der Waals surface area contributed by atoms with Crippen LogP contribution in [0.2, 0.25) is 4.34 Å². The molecule has 1 atom stereocenters. The first-order valence-electron chi connectivity index (χ1n) is 6.41. The Hall–Kier alpha value is -0.630. The molecule has 1 saturated heterocycles. The molecular weight excluding hydrogens is 320 g/mol. The average Bonchev–Trinajstić information content (AvgIpc) is 2.83. The molecule has 20 heavy (non-hydrogen) atoms. The van der Waals surface area contributed by atoms with Crippen LogP contribution in [0.4, 0.5) is 0 Å². The van der Waals surface area contributed by atoms with E-state index in [0.29, 0.717) is 23.3 Å². The maximum absolute atomic E-state index is 12.0. The van der Waals surface area contributed by atoms with Gasteiger partial charge in [-0.2, -0.15) is 0 Å². The van der Waals surface area contributed by atoms with Gasteiger partial charge in [0, 0.05) is 13.1 Å². The van der Waals surface area contributed by atoms with E-state index in [4.69, 9.17) is 11.6 Å². The van der Waals surface area contributed by atoms with E-state index in [9.17, 15) is 13.2 Å². The standard InChI is InChI=1S/C12H17ClN2O3S2/c1-9-3-2-6-15(8-9)11(16)7-14-20(17,18)12-5-4-10(13)19-12/h4-5,9,14H,2-3,6-8H2,1H3/t9-/m0/s1. The van der Waals surface area contributed by atoms with Crippen molar-refractivity contribution in [3.8, 4) is 0 Å². The number of hydrogen-bond acceptors (Lipinski definition) is 4. The molecule has 1 aromatic rings. The number of likely N-dealkylation sites (tertiary alicyclic amines) is 1. The molecule has 0 unspecified atom stereocenters. The molecule has 0 spiro atoms. The Labute approximate surface area is 128 Å². The van der Waals surface area contributed by atoms with Crippen LogP contribution in [-0.2, 0) is 14.8 Å². The monoisotopic (exact) mass is 336 g/mol. The minimum Gasteiger partial charge on any atom is -0.341 e. The number of piperidine rings is 1. The topological polar surface area (TPSA) is 66.5 Å². The molecule has 0 aliphatic carbocycles. The molecule has 2 heterocycles. The van der Waals surface area contributed by atoms with Crippen LogP contribution in [-0.4, -0.2) is 38.9 Å². The van der Waals surface area contributed by atoms with Crippen molar-refractivity contribution in [2.75, 3.05) is 19.6 Å². The van der Waals surface area contributed by atoms with Crippen LogP contribution in [0.15, 0.2) is 16.3 Å². The van der Waals surface area contributed by atoms with E-state index >= 15 is 0 Å². The fraction of sp³-hybridized carbons (Fsp3) is 0.583. The van der Waals surface area contributed by atoms with Crippen molar-refractivity contribution < 1.29 is 13.2 Å². The van der Waals surface area contributed by atoms with Crippen molar-refractivity contribution in [1.29, 1.82) is 0 Å². The van der Waals surface area contributed by atoms with Crippen LogP contribution in [0.5, 0.6) is 0 Å². The quantitative estimate of drug-likeness (QED) is 0.913. The molecule has 0 bridgehead atoms. The van der Waals surface area contributed by atoms with E-state index in [0.717, 1.165) is 24.2 Å². The lowest BCUT2D eigenvalue weighted by Gasteiger charge is -2.30. The van der Waals surface area contributed by atoms with Gasteiger partial charge in [-0.25, -0.2) is 13.1 Å². The summed E-state index contributed by atoms with van der Waals surface area (Å²) in [5.41, 5.74) is 0. The van der Waals surface area contributed by atoms with Crippen LogP contribution < -0.4 is 4.72 Å². The lowest BCUT2D eigenvalue weighted by atomic mass is 10.0. The summed E-state index contributed by atoms with van der Waals surface area (Å²) in [5.74, 6) is 0.295. The van der Waals surface area contributed by atoms with Gasteiger partial charge in [-0.1, -0.05) is 18.5 Å². The zero-order valence-electron chi connectivity index (χ0n) is 11.1. The lowest BCUT2D eigenvalue weighted by Crippen LogP contribution is -2.44. The molecule has 2 rings (SSSR count). The van der Waals surface area contributed by atoms with Crippen LogP contribution in [0, 0.1) is 5.92 Å². The number of halogens is 1. The molecule has 1 aliphatic rings. The highest BCUT2D eigenvalue weighted by Gasteiger charge is 2.23. The summed E-state index contributed by atoms with van der Waals surface area (Å²) in [7, 11) is -3.65. The predicted molar refractivity (Wildman–Crippen MR) is 79.5 cm³/mol. The van der Waals surface area contributed by atoms with Crippen LogP contribution in [0.3, 0.4) is 0 Å². The SMILES string of the molecule is C[C@H]1CCCN(C(=O)CNS(=O)(=O)c2ccc(Cl)s2)C1. The molecule has 1 amide bonds. The minimum atomic E-state index is -3.65. The Kier molecular flexibility index (Phi) is 5.06. The van der Waals surface area contributed by atoms with Crippen molar-refractivity contribution in [1.82, 2.24) is 9.62 Å².